The lowest BCUT2D eigenvalue weighted by molar-refractivity contribution is 0.0328. The highest BCUT2D eigenvalue weighted by atomic mass is 16.5. The van der Waals surface area contributed by atoms with Gasteiger partial charge in [-0.15, -0.1) is 0 Å². The van der Waals surface area contributed by atoms with Crippen molar-refractivity contribution in [3.05, 3.63) is 11.9 Å². The maximum atomic E-state index is 5.23. The number of ether oxygens (including phenoxy) is 2. The fourth-order valence-corrected chi connectivity index (χ4v) is 1.80. The summed E-state index contributed by atoms with van der Waals surface area (Å²) in [7, 11) is 3.36. The van der Waals surface area contributed by atoms with Crippen molar-refractivity contribution >= 4 is 5.82 Å². The van der Waals surface area contributed by atoms with Crippen molar-refractivity contribution in [2.45, 2.75) is 31.9 Å². The summed E-state index contributed by atoms with van der Waals surface area (Å²) in [4.78, 5) is 8.45. The van der Waals surface area contributed by atoms with Crippen molar-refractivity contribution in [3.8, 4) is 5.88 Å². The highest BCUT2D eigenvalue weighted by molar-refractivity contribution is 5.40. The largest absolute Gasteiger partial charge is 0.481 e. The highest BCUT2D eigenvalue weighted by Crippen LogP contribution is 2.26. The molecule has 0 radical (unpaired) electrons. The first-order valence-electron chi connectivity index (χ1n) is 5.40. The molecule has 1 aliphatic carbocycles. The van der Waals surface area contributed by atoms with Gasteiger partial charge in [-0.1, -0.05) is 0 Å². The number of nitrogens with zero attached hydrogens (tertiary/aromatic N) is 2. The Morgan fingerprint density at radius 3 is 2.69 bits per heavy atom. The summed E-state index contributed by atoms with van der Waals surface area (Å²) in [6.07, 6.45) is 2.45. The van der Waals surface area contributed by atoms with E-state index in [4.69, 9.17) is 9.47 Å². The molecule has 0 spiro atoms. The molecular formula is C11H17N3O2. The van der Waals surface area contributed by atoms with Crippen LogP contribution in [0.1, 0.15) is 18.7 Å². The standard InChI is InChI=1S/C11H17N3O2/c1-7-12-10(6-11(13-7)16-3)14-8-4-9(5-8)15-2/h6,8-9H,4-5H2,1-3H3,(H,12,13,14). The second-order valence-electron chi connectivity index (χ2n) is 4.01. The molecule has 0 bridgehead atoms. The number of hydrogen-bond acceptors (Lipinski definition) is 5. The molecule has 16 heavy (non-hydrogen) atoms. The summed E-state index contributed by atoms with van der Waals surface area (Å²) < 4.78 is 10.3. The van der Waals surface area contributed by atoms with E-state index in [1.165, 1.54) is 0 Å². The number of methoxy groups -OCH3 is 2. The smallest absolute Gasteiger partial charge is 0.218 e. The molecule has 1 heterocycles. The first-order chi connectivity index (χ1) is 7.71. The molecule has 0 aliphatic heterocycles. The SMILES string of the molecule is COc1cc(NC2CC(OC)C2)nc(C)n1. The van der Waals surface area contributed by atoms with Gasteiger partial charge in [-0.25, -0.2) is 4.98 Å². The van der Waals surface area contributed by atoms with Crippen LogP contribution in [-0.4, -0.2) is 36.3 Å². The maximum Gasteiger partial charge on any atom is 0.218 e. The first kappa shape index (κ1) is 11.1. The summed E-state index contributed by atoms with van der Waals surface area (Å²) in [6, 6.07) is 2.26. The van der Waals surface area contributed by atoms with Gasteiger partial charge in [0.25, 0.3) is 0 Å². The molecule has 0 atom stereocenters. The number of aryl methyl sites for hydroxylation is 1. The monoisotopic (exact) mass is 223 g/mol. The zero-order valence-corrected chi connectivity index (χ0v) is 9.86. The van der Waals surface area contributed by atoms with Crippen molar-refractivity contribution in [1.29, 1.82) is 0 Å². The third kappa shape index (κ3) is 2.41. The number of anilines is 1. The Morgan fingerprint density at radius 2 is 2.06 bits per heavy atom. The van der Waals surface area contributed by atoms with Crippen molar-refractivity contribution in [3.63, 3.8) is 0 Å². The average Bonchev–Trinajstić information content (AvgIpc) is 2.22. The quantitative estimate of drug-likeness (QED) is 0.835. The second kappa shape index (κ2) is 4.65. The molecule has 1 aromatic heterocycles. The molecular weight excluding hydrogens is 206 g/mol. The summed E-state index contributed by atoms with van der Waals surface area (Å²) in [5, 5.41) is 3.35. The highest BCUT2D eigenvalue weighted by Gasteiger charge is 2.29. The first-order valence-corrected chi connectivity index (χ1v) is 5.40. The van der Waals surface area contributed by atoms with Gasteiger partial charge in [-0.2, -0.15) is 4.98 Å². The third-order valence-electron chi connectivity index (χ3n) is 2.80. The lowest BCUT2D eigenvalue weighted by Gasteiger charge is -2.34. The number of nitrogens with one attached hydrogen (secondary N) is 1. The Bertz CT molecular complexity index is 364. The van der Waals surface area contributed by atoms with E-state index in [-0.39, 0.29) is 0 Å². The molecule has 5 nitrogen and oxygen atoms in total. The zero-order chi connectivity index (χ0) is 11.5. The van der Waals surface area contributed by atoms with Crippen molar-refractivity contribution in [2.24, 2.45) is 0 Å². The predicted molar refractivity (Wildman–Crippen MR) is 60.8 cm³/mol. The van der Waals surface area contributed by atoms with Gasteiger partial charge in [-0.05, 0) is 19.8 Å². The van der Waals surface area contributed by atoms with Gasteiger partial charge >= 0.3 is 0 Å². The van der Waals surface area contributed by atoms with Gasteiger partial charge in [0.05, 0.1) is 13.2 Å². The topological polar surface area (TPSA) is 56.3 Å². The van der Waals surface area contributed by atoms with Gasteiger partial charge in [-0.3, -0.25) is 0 Å². The van der Waals surface area contributed by atoms with E-state index in [9.17, 15) is 0 Å². The molecule has 88 valence electrons. The minimum absolute atomic E-state index is 0.391. The minimum Gasteiger partial charge on any atom is -0.481 e. The number of hydrogen-bond donors (Lipinski definition) is 1. The maximum absolute atomic E-state index is 5.23. The fourth-order valence-electron chi connectivity index (χ4n) is 1.80. The van der Waals surface area contributed by atoms with E-state index in [1.54, 1.807) is 14.2 Å². The molecule has 1 N–H and O–H groups in total. The minimum atomic E-state index is 0.391. The number of aromatic nitrogens is 2. The van der Waals surface area contributed by atoms with Gasteiger partial charge < -0.3 is 14.8 Å². The summed E-state index contributed by atoms with van der Waals surface area (Å²) >= 11 is 0. The van der Waals surface area contributed by atoms with Crippen LogP contribution in [0.3, 0.4) is 0 Å². The lowest BCUT2D eigenvalue weighted by atomic mass is 9.89. The van der Waals surface area contributed by atoms with Gasteiger partial charge in [0, 0.05) is 19.2 Å². The fraction of sp³-hybridized carbons (Fsp3) is 0.636. The van der Waals surface area contributed by atoms with Crippen LogP contribution in [0.2, 0.25) is 0 Å². The Kier molecular flexibility index (Phi) is 3.24. The molecule has 1 saturated carbocycles. The van der Waals surface area contributed by atoms with Crippen molar-refractivity contribution in [1.82, 2.24) is 9.97 Å². The molecule has 2 rings (SSSR count). The summed E-state index contributed by atoms with van der Waals surface area (Å²) in [5.41, 5.74) is 0. The van der Waals surface area contributed by atoms with Crippen LogP contribution in [0, 0.1) is 6.92 Å². The van der Waals surface area contributed by atoms with Gasteiger partial charge in [0.1, 0.15) is 11.6 Å². The van der Waals surface area contributed by atoms with Crippen LogP contribution < -0.4 is 10.1 Å². The van der Waals surface area contributed by atoms with E-state index in [2.05, 4.69) is 15.3 Å². The van der Waals surface area contributed by atoms with Crippen LogP contribution in [0.25, 0.3) is 0 Å². The predicted octanol–water partition coefficient (Wildman–Crippen LogP) is 1.38. The molecule has 1 aromatic rings. The number of rotatable bonds is 4. The third-order valence-corrected chi connectivity index (χ3v) is 2.80. The van der Waals surface area contributed by atoms with E-state index in [0.717, 1.165) is 18.7 Å². The normalized spacial score (nSPS) is 23.7. The van der Waals surface area contributed by atoms with Gasteiger partial charge in [0.2, 0.25) is 5.88 Å². The van der Waals surface area contributed by atoms with Crippen molar-refractivity contribution < 1.29 is 9.47 Å². The Hall–Kier alpha value is -1.36. The Morgan fingerprint density at radius 1 is 1.31 bits per heavy atom. The van der Waals surface area contributed by atoms with E-state index >= 15 is 0 Å². The van der Waals surface area contributed by atoms with Gasteiger partial charge in [0.15, 0.2) is 0 Å². The van der Waals surface area contributed by atoms with Crippen LogP contribution >= 0.6 is 0 Å². The molecule has 0 unspecified atom stereocenters. The van der Waals surface area contributed by atoms with Crippen LogP contribution in [0.15, 0.2) is 6.07 Å². The van der Waals surface area contributed by atoms with Crippen molar-refractivity contribution in [2.75, 3.05) is 19.5 Å². The second-order valence-corrected chi connectivity index (χ2v) is 4.01. The van der Waals surface area contributed by atoms with E-state index in [0.29, 0.717) is 23.9 Å². The Balaban J connectivity index is 1.97. The van der Waals surface area contributed by atoms with E-state index in [1.807, 2.05) is 13.0 Å². The van der Waals surface area contributed by atoms with Crippen LogP contribution in [0.4, 0.5) is 5.82 Å². The Labute approximate surface area is 95.2 Å². The summed E-state index contributed by atoms with van der Waals surface area (Å²) in [6.45, 7) is 1.85. The molecule has 5 heteroatoms. The van der Waals surface area contributed by atoms with E-state index < -0.39 is 0 Å². The average molecular weight is 223 g/mol. The lowest BCUT2D eigenvalue weighted by Crippen LogP contribution is -2.40. The molecule has 1 fully saturated rings. The summed E-state index contributed by atoms with van der Waals surface area (Å²) in [5.74, 6) is 2.13. The molecule has 0 saturated heterocycles. The van der Waals surface area contributed by atoms with Crippen LogP contribution in [-0.2, 0) is 4.74 Å². The zero-order valence-electron chi connectivity index (χ0n) is 9.86. The molecule has 0 amide bonds. The molecule has 1 aliphatic rings. The van der Waals surface area contributed by atoms with Crippen LogP contribution in [0.5, 0.6) is 5.88 Å². The molecule has 0 aromatic carbocycles.